The third kappa shape index (κ3) is 8.00. The van der Waals surface area contributed by atoms with Crippen LogP contribution in [0.2, 0.25) is 0 Å². The predicted octanol–water partition coefficient (Wildman–Crippen LogP) is -1.30. The van der Waals surface area contributed by atoms with E-state index in [1.807, 2.05) is 0 Å². The second kappa shape index (κ2) is 3.24. The maximum absolute atomic E-state index is 9.89. The van der Waals surface area contributed by atoms with E-state index in [0.717, 1.165) is 0 Å². The van der Waals surface area contributed by atoms with Crippen LogP contribution in [0.15, 0.2) is 0 Å². The summed E-state index contributed by atoms with van der Waals surface area (Å²) in [5.41, 5.74) is 4.58. The van der Waals surface area contributed by atoms with Gasteiger partial charge in [0, 0.05) is 0 Å². The summed E-state index contributed by atoms with van der Waals surface area (Å²) < 4.78 is 4.05. The van der Waals surface area contributed by atoms with Crippen LogP contribution in [0.4, 0.5) is 0 Å². The molecule has 0 rings (SSSR count). The summed E-state index contributed by atoms with van der Waals surface area (Å²) in [4.78, 5) is 26.5. The molecule has 1 amide bonds. The van der Waals surface area contributed by atoms with Gasteiger partial charge in [0.2, 0.25) is 5.91 Å². The van der Waals surface area contributed by atoms with Crippen molar-refractivity contribution in [3.8, 4) is 0 Å². The molecule has 0 aromatic rings. The fraction of sp³-hybridized carbons (Fsp3) is 0.500. The van der Waals surface area contributed by atoms with E-state index in [1.54, 1.807) is 0 Å². The Hall–Kier alpha value is -0.0000000000000000833. The summed E-state index contributed by atoms with van der Waals surface area (Å²) >= 11 is 4.00. The van der Waals surface area contributed by atoms with Crippen LogP contribution in [0.3, 0.4) is 0 Å². The molecule has 0 aromatic heterocycles. The highest BCUT2D eigenvalue weighted by atomic mass is 32.5. The molecule has 9 heavy (non-hydrogen) atoms. The van der Waals surface area contributed by atoms with E-state index in [0.29, 0.717) is 0 Å². The number of hydrogen-bond acceptors (Lipinski definition) is 3. The molecule has 0 atom stereocenters. The Morgan fingerprint density at radius 2 is 2.22 bits per heavy atom. The van der Waals surface area contributed by atoms with Crippen LogP contribution in [0.5, 0.6) is 0 Å². The topological polar surface area (TPSA) is 92.8 Å². The van der Waals surface area contributed by atoms with Crippen molar-refractivity contribution in [1.29, 1.82) is 0 Å². The molecule has 0 spiro atoms. The Balaban J connectivity index is 3.53. The van der Waals surface area contributed by atoms with Crippen LogP contribution in [-0.4, -0.2) is 22.3 Å². The molecule has 7 heteroatoms. The van der Waals surface area contributed by atoms with Crippen LogP contribution < -0.4 is 5.73 Å². The van der Waals surface area contributed by atoms with Gasteiger partial charge in [-0.2, -0.15) is 0 Å². The van der Waals surface area contributed by atoms with Crippen molar-refractivity contribution in [3.05, 3.63) is 0 Å². The highest BCUT2D eigenvalue weighted by Crippen LogP contribution is 2.35. The Kier molecular flexibility index (Phi) is 3.24. The highest BCUT2D eigenvalue weighted by molar-refractivity contribution is 8.06. The van der Waals surface area contributed by atoms with Crippen molar-refractivity contribution < 1.29 is 19.1 Å². The first kappa shape index (κ1) is 9.00. The fourth-order valence-corrected chi connectivity index (χ4v) is 0.601. The molecule has 0 aliphatic rings. The summed E-state index contributed by atoms with van der Waals surface area (Å²) in [5.74, 6) is -0.785. The minimum atomic E-state index is -3.69. The summed E-state index contributed by atoms with van der Waals surface area (Å²) in [6, 6.07) is 0. The van der Waals surface area contributed by atoms with Crippen LogP contribution in [0.25, 0.3) is 0 Å². The first-order chi connectivity index (χ1) is 3.92. The molecule has 0 saturated carbocycles. The summed E-state index contributed by atoms with van der Waals surface area (Å²) in [5, 5.41) is 0. The van der Waals surface area contributed by atoms with Crippen LogP contribution in [0.1, 0.15) is 0 Å². The van der Waals surface area contributed by atoms with E-state index < -0.39 is 19.2 Å². The van der Waals surface area contributed by atoms with E-state index in [-0.39, 0.29) is 0 Å². The second-order valence-electron chi connectivity index (χ2n) is 1.23. The Morgan fingerprint density at radius 1 is 1.78 bits per heavy atom. The third-order valence-corrected chi connectivity index (χ3v) is 1.16. The van der Waals surface area contributed by atoms with Gasteiger partial charge in [0.1, 0.15) is 6.61 Å². The molecule has 0 bridgehead atoms. The fourth-order valence-electron chi connectivity index (χ4n) is 0.148. The molecule has 0 aliphatic heterocycles. The Bertz CT molecular complexity index is 153. The normalized spacial score (nSPS) is 11.3. The van der Waals surface area contributed by atoms with Gasteiger partial charge >= 0.3 is 6.72 Å². The number of carbonyl (C=O) groups excluding carboxylic acids is 1. The zero-order valence-electron chi connectivity index (χ0n) is 4.35. The largest absolute Gasteiger partial charge is 0.368 e. The monoisotopic (exact) mass is 171 g/mol. The molecular formula is C2H6NO4PS. The summed E-state index contributed by atoms with van der Waals surface area (Å²) in [6.45, 7) is -4.24. The van der Waals surface area contributed by atoms with E-state index in [1.165, 1.54) is 0 Å². The number of carbonyl (C=O) groups is 1. The van der Waals surface area contributed by atoms with Crippen molar-refractivity contribution in [2.24, 2.45) is 5.73 Å². The average molecular weight is 171 g/mol. The van der Waals surface area contributed by atoms with E-state index in [2.05, 4.69) is 22.1 Å². The molecule has 0 aromatic carbocycles. The summed E-state index contributed by atoms with van der Waals surface area (Å²) in [6.07, 6.45) is 0. The van der Waals surface area contributed by atoms with E-state index in [9.17, 15) is 4.79 Å². The molecule has 0 heterocycles. The SMILES string of the molecule is NC(=O)COP(O)(O)=S. The van der Waals surface area contributed by atoms with Gasteiger partial charge in [0.15, 0.2) is 0 Å². The first-order valence-corrected chi connectivity index (χ1v) is 4.53. The smallest absolute Gasteiger partial charge is 0.322 e. The number of nitrogens with two attached hydrogens (primary N) is 1. The van der Waals surface area contributed by atoms with Crippen molar-refractivity contribution in [2.45, 2.75) is 0 Å². The molecular weight excluding hydrogens is 165 g/mol. The molecule has 0 radical (unpaired) electrons. The average Bonchev–Trinajstić information content (AvgIpc) is 1.59. The second-order valence-corrected chi connectivity index (χ2v) is 3.90. The lowest BCUT2D eigenvalue weighted by atomic mass is 10.7. The van der Waals surface area contributed by atoms with E-state index in [4.69, 9.17) is 9.79 Å². The lowest BCUT2D eigenvalue weighted by Gasteiger charge is -2.04. The highest BCUT2D eigenvalue weighted by Gasteiger charge is 2.08. The number of hydrogen-bond donors (Lipinski definition) is 3. The number of primary amides is 1. The Morgan fingerprint density at radius 3 is 2.33 bits per heavy atom. The maximum atomic E-state index is 9.89. The van der Waals surface area contributed by atoms with Gasteiger partial charge in [0.05, 0.1) is 0 Å². The predicted molar refractivity (Wildman–Crippen MR) is 33.9 cm³/mol. The van der Waals surface area contributed by atoms with Gasteiger partial charge in [0.25, 0.3) is 0 Å². The van der Waals surface area contributed by atoms with Gasteiger partial charge in [-0.05, 0) is 11.8 Å². The number of rotatable bonds is 3. The molecule has 0 saturated heterocycles. The van der Waals surface area contributed by atoms with Crippen molar-refractivity contribution in [1.82, 2.24) is 0 Å². The lowest BCUT2D eigenvalue weighted by molar-refractivity contribution is -0.120. The molecule has 5 nitrogen and oxygen atoms in total. The molecule has 4 N–H and O–H groups in total. The first-order valence-electron chi connectivity index (χ1n) is 1.90. The van der Waals surface area contributed by atoms with Crippen molar-refractivity contribution in [2.75, 3.05) is 6.61 Å². The van der Waals surface area contributed by atoms with Gasteiger partial charge in [-0.1, -0.05) is 0 Å². The molecule has 54 valence electrons. The summed E-state index contributed by atoms with van der Waals surface area (Å²) in [7, 11) is 0. The van der Waals surface area contributed by atoms with Crippen molar-refractivity contribution in [3.63, 3.8) is 0 Å². The van der Waals surface area contributed by atoms with Gasteiger partial charge in [-0.15, -0.1) is 0 Å². The molecule has 0 unspecified atom stereocenters. The zero-order chi connectivity index (χ0) is 7.49. The minimum absolute atomic E-state index is 0.551. The zero-order valence-corrected chi connectivity index (χ0v) is 6.06. The lowest BCUT2D eigenvalue weighted by Crippen LogP contribution is -2.16. The van der Waals surface area contributed by atoms with Crippen LogP contribution in [0, 0.1) is 0 Å². The van der Waals surface area contributed by atoms with Crippen LogP contribution >= 0.6 is 6.72 Å². The standard InChI is InChI=1S/C2H6NO4PS/c3-2(4)1-7-8(5,6)9/h1H2,(H2,3,4)(H2,5,6,9). The quantitative estimate of drug-likeness (QED) is 0.459. The van der Waals surface area contributed by atoms with Crippen molar-refractivity contribution >= 4 is 24.4 Å². The molecule has 0 aliphatic carbocycles. The number of amides is 1. The minimum Gasteiger partial charge on any atom is -0.368 e. The molecule has 0 fully saturated rings. The van der Waals surface area contributed by atoms with Gasteiger partial charge < -0.3 is 15.5 Å². The van der Waals surface area contributed by atoms with Crippen LogP contribution in [-0.2, 0) is 21.1 Å². The van der Waals surface area contributed by atoms with E-state index >= 15 is 0 Å². The maximum Gasteiger partial charge on any atom is 0.322 e. The Labute approximate surface area is 56.7 Å². The van der Waals surface area contributed by atoms with Gasteiger partial charge in [-0.3, -0.25) is 9.32 Å². The van der Waals surface area contributed by atoms with Gasteiger partial charge in [-0.25, -0.2) is 0 Å². The third-order valence-electron chi connectivity index (χ3n) is 0.375.